The normalized spacial score (nSPS) is 29.3. The highest BCUT2D eigenvalue weighted by Gasteiger charge is 2.61. The summed E-state index contributed by atoms with van der Waals surface area (Å²) in [6, 6.07) is 0. The van der Waals surface area contributed by atoms with Gasteiger partial charge in [0, 0.05) is 19.1 Å². The minimum atomic E-state index is -5.47. The topological polar surface area (TPSA) is 107 Å². The molecule has 3 rings (SSSR count). The Morgan fingerprint density at radius 1 is 1.06 bits per heavy atom. The molecule has 1 N–H and O–H groups in total. The highest BCUT2D eigenvalue weighted by atomic mass is 19.4. The number of amidine groups is 1. The lowest BCUT2D eigenvalue weighted by Crippen LogP contribution is -2.60. The fourth-order valence-electron chi connectivity index (χ4n) is 4.40. The third-order valence-electron chi connectivity index (χ3n) is 6.18. The summed E-state index contributed by atoms with van der Waals surface area (Å²) >= 11 is 0. The van der Waals surface area contributed by atoms with E-state index in [0.29, 0.717) is 12.8 Å². The Morgan fingerprint density at radius 2 is 1.69 bits per heavy atom. The summed E-state index contributed by atoms with van der Waals surface area (Å²) < 4.78 is 99.5. The van der Waals surface area contributed by atoms with Crippen LogP contribution in [0, 0.1) is 5.92 Å². The molecule has 2 aliphatic heterocycles. The molecule has 36 heavy (non-hydrogen) atoms. The van der Waals surface area contributed by atoms with Crippen molar-refractivity contribution in [3.63, 3.8) is 0 Å². The SMILES string of the molecule is O=C(OC1CNCCC12N=C(C1CCC(OCCCF)CC1)N(OC(=O)C(F)(F)F)C2=O)C(F)(F)F. The lowest BCUT2D eigenvalue weighted by atomic mass is 9.85. The molecule has 1 saturated heterocycles. The Balaban J connectivity index is 1.88. The number of nitrogens with one attached hydrogen (secondary N) is 1. The van der Waals surface area contributed by atoms with Crippen LogP contribution in [0.2, 0.25) is 0 Å². The van der Waals surface area contributed by atoms with E-state index in [9.17, 15) is 45.1 Å². The molecule has 2 heterocycles. The summed E-state index contributed by atoms with van der Waals surface area (Å²) in [5, 5.41) is 2.73. The molecule has 2 fully saturated rings. The first-order valence-electron chi connectivity index (χ1n) is 11.2. The van der Waals surface area contributed by atoms with Crippen molar-refractivity contribution >= 4 is 23.7 Å². The first-order chi connectivity index (χ1) is 16.8. The van der Waals surface area contributed by atoms with Crippen LogP contribution in [-0.4, -0.2) is 85.2 Å². The van der Waals surface area contributed by atoms with Crippen LogP contribution in [0.5, 0.6) is 0 Å². The number of esters is 1. The van der Waals surface area contributed by atoms with E-state index in [4.69, 9.17) is 4.74 Å². The molecule has 3 aliphatic rings. The maximum Gasteiger partial charge on any atom is 0.493 e. The van der Waals surface area contributed by atoms with Crippen molar-refractivity contribution in [2.24, 2.45) is 10.9 Å². The molecular formula is C20H24F7N3O6. The molecule has 204 valence electrons. The Labute approximate surface area is 200 Å². The molecule has 0 aromatic rings. The monoisotopic (exact) mass is 535 g/mol. The number of nitrogens with zero attached hydrogens (tertiary/aromatic N) is 2. The zero-order valence-electron chi connectivity index (χ0n) is 18.8. The molecule has 0 aromatic carbocycles. The number of hydrogen-bond acceptors (Lipinski definition) is 8. The number of alkyl halides is 7. The zero-order chi connectivity index (χ0) is 26.7. The van der Waals surface area contributed by atoms with Crippen molar-refractivity contribution in [1.29, 1.82) is 0 Å². The van der Waals surface area contributed by atoms with Crippen molar-refractivity contribution in [3.05, 3.63) is 0 Å². The summed E-state index contributed by atoms with van der Waals surface area (Å²) in [5.74, 6) is -7.73. The molecule has 1 amide bonds. The maximum absolute atomic E-state index is 13.3. The number of rotatable bonds is 7. The Morgan fingerprint density at radius 3 is 2.28 bits per heavy atom. The standard InChI is InChI=1S/C20H24F7N3O6/c21-7-1-9-34-12-4-2-11(3-5-12)14-29-18(15(31)30(14)36-17(33)20(25,26)27)6-8-28-10-13(18)35-16(32)19(22,23)24/h11-13,28H,1-10H2. The van der Waals surface area contributed by atoms with Crippen molar-refractivity contribution < 1.29 is 59.4 Å². The van der Waals surface area contributed by atoms with Gasteiger partial charge in [-0.25, -0.2) is 14.6 Å². The molecule has 1 spiro atoms. The molecule has 0 bridgehead atoms. The third kappa shape index (κ3) is 6.07. The second kappa shape index (κ2) is 10.9. The summed E-state index contributed by atoms with van der Waals surface area (Å²) in [4.78, 5) is 44.9. The predicted octanol–water partition coefficient (Wildman–Crippen LogP) is 2.39. The van der Waals surface area contributed by atoms with Gasteiger partial charge < -0.3 is 19.6 Å². The Bertz CT molecular complexity index is 873. The van der Waals surface area contributed by atoms with Crippen molar-refractivity contribution in [2.45, 2.75) is 68.6 Å². The number of hydroxylamine groups is 2. The number of piperidine rings is 1. The van der Waals surface area contributed by atoms with Crippen LogP contribution in [0.1, 0.15) is 38.5 Å². The minimum Gasteiger partial charge on any atom is -0.451 e. The van der Waals surface area contributed by atoms with E-state index in [2.05, 4.69) is 19.9 Å². The lowest BCUT2D eigenvalue weighted by Gasteiger charge is -2.36. The van der Waals surface area contributed by atoms with Gasteiger partial charge in [-0.1, -0.05) is 0 Å². The van der Waals surface area contributed by atoms with Gasteiger partial charge in [0.1, 0.15) is 11.9 Å². The van der Waals surface area contributed by atoms with E-state index in [-0.39, 0.29) is 55.8 Å². The van der Waals surface area contributed by atoms with E-state index < -0.39 is 61.0 Å². The van der Waals surface area contributed by atoms with Crippen molar-refractivity contribution in [2.75, 3.05) is 26.4 Å². The quantitative estimate of drug-likeness (QED) is 0.303. The predicted molar refractivity (Wildman–Crippen MR) is 105 cm³/mol. The van der Waals surface area contributed by atoms with Gasteiger partial charge in [-0.3, -0.25) is 9.18 Å². The summed E-state index contributed by atoms with van der Waals surface area (Å²) in [5.41, 5.74) is -2.21. The summed E-state index contributed by atoms with van der Waals surface area (Å²) in [7, 11) is 0. The van der Waals surface area contributed by atoms with Crippen LogP contribution in [0.3, 0.4) is 0 Å². The number of amides is 1. The largest absolute Gasteiger partial charge is 0.493 e. The van der Waals surface area contributed by atoms with E-state index in [1.165, 1.54) is 0 Å². The average molecular weight is 535 g/mol. The van der Waals surface area contributed by atoms with Gasteiger partial charge in [-0.15, -0.1) is 5.06 Å². The number of ether oxygens (including phenoxy) is 2. The van der Waals surface area contributed by atoms with Crippen LogP contribution in [0.15, 0.2) is 4.99 Å². The Hall–Kier alpha value is -2.49. The highest BCUT2D eigenvalue weighted by Crippen LogP contribution is 2.40. The third-order valence-corrected chi connectivity index (χ3v) is 6.18. The van der Waals surface area contributed by atoms with E-state index in [1.54, 1.807) is 0 Å². The number of halogens is 7. The van der Waals surface area contributed by atoms with Crippen LogP contribution in [0.25, 0.3) is 0 Å². The second-order valence-electron chi connectivity index (χ2n) is 8.60. The van der Waals surface area contributed by atoms with Gasteiger partial charge in [0.2, 0.25) is 0 Å². The van der Waals surface area contributed by atoms with Gasteiger partial charge >= 0.3 is 24.3 Å². The lowest BCUT2D eigenvalue weighted by molar-refractivity contribution is -0.227. The smallest absolute Gasteiger partial charge is 0.451 e. The first kappa shape index (κ1) is 28.1. The van der Waals surface area contributed by atoms with Gasteiger partial charge in [0.15, 0.2) is 5.54 Å². The minimum absolute atomic E-state index is 0.0127. The number of aliphatic imine (C=N–C) groups is 1. The van der Waals surface area contributed by atoms with Gasteiger partial charge in [-0.2, -0.15) is 26.3 Å². The molecule has 9 nitrogen and oxygen atoms in total. The highest BCUT2D eigenvalue weighted by molar-refractivity contribution is 6.09. The van der Waals surface area contributed by atoms with Crippen LogP contribution < -0.4 is 5.32 Å². The molecule has 2 atom stereocenters. The van der Waals surface area contributed by atoms with Gasteiger partial charge in [0.05, 0.1) is 12.8 Å². The van der Waals surface area contributed by atoms with Crippen LogP contribution in [-0.2, 0) is 28.7 Å². The molecule has 2 unspecified atom stereocenters. The summed E-state index contributed by atoms with van der Waals surface area (Å²) in [6.07, 6.45) is -11.9. The molecule has 1 aliphatic carbocycles. The average Bonchev–Trinajstić information content (AvgIpc) is 3.07. The molecule has 0 radical (unpaired) electrons. The number of carbonyl (C=O) groups is 3. The van der Waals surface area contributed by atoms with Gasteiger partial charge in [0.25, 0.3) is 5.91 Å². The van der Waals surface area contributed by atoms with E-state index >= 15 is 0 Å². The van der Waals surface area contributed by atoms with Gasteiger partial charge in [-0.05, 0) is 45.1 Å². The first-order valence-corrected chi connectivity index (χ1v) is 11.2. The van der Waals surface area contributed by atoms with Crippen LogP contribution in [0.4, 0.5) is 30.7 Å². The second-order valence-corrected chi connectivity index (χ2v) is 8.60. The number of hydrogen-bond donors (Lipinski definition) is 1. The Kier molecular flexibility index (Phi) is 8.48. The fourth-order valence-corrected chi connectivity index (χ4v) is 4.40. The van der Waals surface area contributed by atoms with Crippen LogP contribution >= 0.6 is 0 Å². The van der Waals surface area contributed by atoms with E-state index in [0.717, 1.165) is 0 Å². The fraction of sp³-hybridized carbons (Fsp3) is 0.800. The molecule has 16 heteroatoms. The number of carbonyl (C=O) groups excluding carboxylic acids is 3. The molecule has 1 saturated carbocycles. The van der Waals surface area contributed by atoms with E-state index in [1.807, 2.05) is 0 Å². The molecular weight excluding hydrogens is 511 g/mol. The zero-order valence-corrected chi connectivity index (χ0v) is 18.8. The van der Waals surface area contributed by atoms with Crippen molar-refractivity contribution in [1.82, 2.24) is 10.4 Å². The molecule has 0 aromatic heterocycles. The maximum atomic E-state index is 13.3. The van der Waals surface area contributed by atoms with Crippen molar-refractivity contribution in [3.8, 4) is 0 Å². The summed E-state index contributed by atoms with van der Waals surface area (Å²) in [6.45, 7) is -0.826.